The Balaban J connectivity index is 1.76. The molecule has 0 unspecified atom stereocenters. The van der Waals surface area contributed by atoms with Crippen molar-refractivity contribution in [1.29, 1.82) is 0 Å². The molecule has 2 aromatic carbocycles. The van der Waals surface area contributed by atoms with E-state index < -0.39 is 10.0 Å². The van der Waals surface area contributed by atoms with Crippen LogP contribution in [0.1, 0.15) is 21.5 Å². The maximum Gasteiger partial charge on any atom is 0.253 e. The molecule has 7 nitrogen and oxygen atoms in total. The van der Waals surface area contributed by atoms with Gasteiger partial charge < -0.3 is 14.4 Å². The number of rotatable bonds is 5. The highest BCUT2D eigenvalue weighted by atomic mass is 32.2. The molecule has 1 saturated heterocycles. The van der Waals surface area contributed by atoms with Gasteiger partial charge in [0, 0.05) is 37.8 Å². The van der Waals surface area contributed by atoms with Crippen LogP contribution in [0, 0.1) is 13.8 Å². The van der Waals surface area contributed by atoms with E-state index in [1.807, 2.05) is 32.0 Å². The summed E-state index contributed by atoms with van der Waals surface area (Å²) < 4.78 is 38.1. The third-order valence-electron chi connectivity index (χ3n) is 5.27. The smallest absolute Gasteiger partial charge is 0.253 e. The molecule has 0 bridgehead atoms. The molecule has 0 spiro atoms. The predicted octanol–water partition coefficient (Wildman–Crippen LogP) is 2.47. The summed E-state index contributed by atoms with van der Waals surface area (Å²) in [5, 5.41) is 0. The van der Waals surface area contributed by atoms with Crippen molar-refractivity contribution in [2.45, 2.75) is 18.7 Å². The van der Waals surface area contributed by atoms with Crippen LogP contribution < -0.4 is 9.47 Å². The third-order valence-corrected chi connectivity index (χ3v) is 7.19. The monoisotopic (exact) mass is 418 g/mol. The normalized spacial score (nSPS) is 15.2. The molecule has 0 aromatic heterocycles. The maximum atomic E-state index is 13.2. The van der Waals surface area contributed by atoms with E-state index in [9.17, 15) is 13.2 Å². The lowest BCUT2D eigenvalue weighted by atomic mass is 10.1. The number of sulfonamides is 1. The van der Waals surface area contributed by atoms with Crippen molar-refractivity contribution >= 4 is 15.9 Å². The summed E-state index contributed by atoms with van der Waals surface area (Å²) in [6.07, 6.45) is 0. The van der Waals surface area contributed by atoms with Crippen LogP contribution >= 0.6 is 0 Å². The second kappa shape index (κ2) is 8.42. The first kappa shape index (κ1) is 21.1. The Morgan fingerprint density at radius 1 is 0.897 bits per heavy atom. The SMILES string of the molecule is COc1ccc(OC)c(S(=O)(=O)N2CCN(C(=O)c3ccc(C)c(C)c3)CC2)c1. The van der Waals surface area contributed by atoms with Crippen molar-refractivity contribution in [1.82, 2.24) is 9.21 Å². The number of carbonyl (C=O) groups excluding carboxylic acids is 1. The van der Waals surface area contributed by atoms with E-state index in [1.165, 1.54) is 24.6 Å². The standard InChI is InChI=1S/C21H26N2O5S/c1-15-5-6-17(13-16(15)2)21(24)22-9-11-23(12-10-22)29(25,26)20-14-18(27-3)7-8-19(20)28-4/h5-8,13-14H,9-12H2,1-4H3. The summed E-state index contributed by atoms with van der Waals surface area (Å²) in [6.45, 7) is 5.07. The van der Waals surface area contributed by atoms with Crippen molar-refractivity contribution in [3.05, 3.63) is 53.1 Å². The van der Waals surface area contributed by atoms with Crippen LogP contribution in [0.4, 0.5) is 0 Å². The number of carbonyl (C=O) groups is 1. The largest absolute Gasteiger partial charge is 0.497 e. The van der Waals surface area contributed by atoms with Crippen molar-refractivity contribution in [2.24, 2.45) is 0 Å². The molecule has 156 valence electrons. The van der Waals surface area contributed by atoms with E-state index in [-0.39, 0.29) is 29.6 Å². The number of hydrogen-bond donors (Lipinski definition) is 0. The van der Waals surface area contributed by atoms with Crippen LogP contribution in [0.25, 0.3) is 0 Å². The second-order valence-electron chi connectivity index (χ2n) is 7.01. The van der Waals surface area contributed by atoms with Gasteiger partial charge in [0.2, 0.25) is 10.0 Å². The van der Waals surface area contributed by atoms with Gasteiger partial charge in [0.05, 0.1) is 14.2 Å². The Kier molecular flexibility index (Phi) is 6.14. The van der Waals surface area contributed by atoms with Crippen LogP contribution in [0.2, 0.25) is 0 Å². The molecule has 0 aliphatic carbocycles. The van der Waals surface area contributed by atoms with Gasteiger partial charge >= 0.3 is 0 Å². The fraction of sp³-hybridized carbons (Fsp3) is 0.381. The molecule has 1 amide bonds. The molecule has 3 rings (SSSR count). The number of ether oxygens (including phenoxy) is 2. The number of amides is 1. The van der Waals surface area contributed by atoms with E-state index in [1.54, 1.807) is 17.0 Å². The topological polar surface area (TPSA) is 76.2 Å². The van der Waals surface area contributed by atoms with Crippen molar-refractivity contribution < 1.29 is 22.7 Å². The first-order valence-corrected chi connectivity index (χ1v) is 10.8. The zero-order chi connectivity index (χ0) is 21.2. The number of piperazine rings is 1. The van der Waals surface area contributed by atoms with E-state index in [0.717, 1.165) is 11.1 Å². The summed E-state index contributed by atoms with van der Waals surface area (Å²) in [6, 6.07) is 10.3. The van der Waals surface area contributed by atoms with Gasteiger partial charge in [-0.1, -0.05) is 6.07 Å². The first-order valence-electron chi connectivity index (χ1n) is 9.36. The van der Waals surface area contributed by atoms with Crippen molar-refractivity contribution in [3.8, 4) is 11.5 Å². The Hall–Kier alpha value is -2.58. The molecule has 1 aliphatic rings. The molecule has 0 atom stereocenters. The Bertz CT molecular complexity index is 1010. The Morgan fingerprint density at radius 3 is 2.17 bits per heavy atom. The van der Waals surface area contributed by atoms with Crippen LogP contribution in [0.15, 0.2) is 41.3 Å². The Morgan fingerprint density at radius 2 is 1.59 bits per heavy atom. The highest BCUT2D eigenvalue weighted by Crippen LogP contribution is 2.31. The summed E-state index contributed by atoms with van der Waals surface area (Å²) in [5.41, 5.74) is 2.81. The van der Waals surface area contributed by atoms with E-state index in [4.69, 9.17) is 9.47 Å². The summed E-state index contributed by atoms with van der Waals surface area (Å²) in [7, 11) is -0.860. The molecule has 29 heavy (non-hydrogen) atoms. The minimum Gasteiger partial charge on any atom is -0.497 e. The molecule has 8 heteroatoms. The highest BCUT2D eigenvalue weighted by molar-refractivity contribution is 7.89. The molecule has 1 aliphatic heterocycles. The molecular formula is C21H26N2O5S. The quantitative estimate of drug-likeness (QED) is 0.746. The van der Waals surface area contributed by atoms with Gasteiger partial charge in [-0.15, -0.1) is 0 Å². The lowest BCUT2D eigenvalue weighted by Gasteiger charge is -2.34. The predicted molar refractivity (Wildman–Crippen MR) is 110 cm³/mol. The van der Waals surface area contributed by atoms with Gasteiger partial charge in [-0.25, -0.2) is 8.42 Å². The summed E-state index contributed by atoms with van der Waals surface area (Å²) in [5.74, 6) is 0.622. The van der Waals surface area contributed by atoms with Crippen molar-refractivity contribution in [3.63, 3.8) is 0 Å². The van der Waals surface area contributed by atoms with Gasteiger partial charge in [0.25, 0.3) is 5.91 Å². The second-order valence-corrected chi connectivity index (χ2v) is 8.92. The summed E-state index contributed by atoms with van der Waals surface area (Å²) in [4.78, 5) is 14.6. The molecule has 2 aromatic rings. The number of aryl methyl sites for hydroxylation is 2. The zero-order valence-electron chi connectivity index (χ0n) is 17.1. The van der Waals surface area contributed by atoms with Gasteiger partial charge in [-0.05, 0) is 49.2 Å². The Labute approximate surface area is 171 Å². The lowest BCUT2D eigenvalue weighted by Crippen LogP contribution is -2.50. The minimum absolute atomic E-state index is 0.0632. The van der Waals surface area contributed by atoms with Crippen LogP contribution in [0.5, 0.6) is 11.5 Å². The highest BCUT2D eigenvalue weighted by Gasteiger charge is 2.32. The lowest BCUT2D eigenvalue weighted by molar-refractivity contribution is 0.0697. The average molecular weight is 419 g/mol. The number of benzene rings is 2. The number of methoxy groups -OCH3 is 2. The van der Waals surface area contributed by atoms with Gasteiger partial charge in [-0.2, -0.15) is 4.31 Å². The van der Waals surface area contributed by atoms with Crippen LogP contribution in [-0.4, -0.2) is 63.9 Å². The zero-order valence-corrected chi connectivity index (χ0v) is 18.0. The molecule has 1 heterocycles. The number of hydrogen-bond acceptors (Lipinski definition) is 5. The fourth-order valence-electron chi connectivity index (χ4n) is 3.31. The van der Waals surface area contributed by atoms with Crippen molar-refractivity contribution in [2.75, 3.05) is 40.4 Å². The molecule has 0 radical (unpaired) electrons. The van der Waals surface area contributed by atoms with E-state index in [2.05, 4.69) is 0 Å². The van der Waals surface area contributed by atoms with E-state index in [0.29, 0.717) is 24.4 Å². The molecule has 1 fully saturated rings. The summed E-state index contributed by atoms with van der Waals surface area (Å²) >= 11 is 0. The van der Waals surface area contributed by atoms with Crippen LogP contribution in [0.3, 0.4) is 0 Å². The molecule has 0 N–H and O–H groups in total. The number of nitrogens with zero attached hydrogens (tertiary/aromatic N) is 2. The van der Waals surface area contributed by atoms with Gasteiger partial charge in [0.15, 0.2) is 0 Å². The first-order chi connectivity index (χ1) is 13.8. The minimum atomic E-state index is -3.77. The third kappa shape index (κ3) is 4.23. The fourth-order valence-corrected chi connectivity index (χ4v) is 4.91. The van der Waals surface area contributed by atoms with Gasteiger partial charge in [-0.3, -0.25) is 4.79 Å². The van der Waals surface area contributed by atoms with Gasteiger partial charge in [0.1, 0.15) is 16.4 Å². The molecular weight excluding hydrogens is 392 g/mol. The van der Waals surface area contributed by atoms with E-state index >= 15 is 0 Å². The maximum absolute atomic E-state index is 13.2. The average Bonchev–Trinajstić information content (AvgIpc) is 2.74. The van der Waals surface area contributed by atoms with Crippen LogP contribution in [-0.2, 0) is 10.0 Å². The molecule has 0 saturated carbocycles.